The van der Waals surface area contributed by atoms with Gasteiger partial charge < -0.3 is 14.8 Å². The molecule has 1 aliphatic rings. The molecule has 2 atom stereocenters. The van der Waals surface area contributed by atoms with Crippen LogP contribution in [0.15, 0.2) is 54.6 Å². The number of methoxy groups -OCH3 is 1. The highest BCUT2D eigenvalue weighted by atomic mass is 16.5. The fourth-order valence-corrected chi connectivity index (χ4v) is 4.24. The van der Waals surface area contributed by atoms with Crippen LogP contribution in [-0.4, -0.2) is 32.4 Å². The molecule has 1 aliphatic heterocycles. The minimum atomic E-state index is 0.0480. The molecule has 1 fully saturated rings. The molecule has 0 spiro atoms. The molecule has 3 nitrogen and oxygen atoms in total. The van der Waals surface area contributed by atoms with Crippen molar-refractivity contribution in [1.82, 2.24) is 0 Å². The monoisotopic (exact) mass is 368 g/mol. The molecule has 3 rings (SSSR count). The fourth-order valence-electron chi connectivity index (χ4n) is 4.24. The Hall–Kier alpha value is -1.84. The smallest absolute Gasteiger partial charge is 0.118 e. The molecular formula is C24H34NO2+. The van der Waals surface area contributed by atoms with E-state index in [0.717, 1.165) is 31.2 Å². The van der Waals surface area contributed by atoms with Crippen LogP contribution in [0.1, 0.15) is 50.2 Å². The zero-order valence-electron chi connectivity index (χ0n) is 17.0. The molecular weight excluding hydrogens is 334 g/mol. The molecule has 1 heterocycles. The van der Waals surface area contributed by atoms with E-state index >= 15 is 0 Å². The standard InChI is InChI=1S/C24H33NO2/c1-24(2)17-19(14-16-27-24)18-25-15-13-23(20-7-5-4-6-8-20)21-9-11-22(26-3)12-10-21/h4-12,19,23,25H,13-18H2,1-3H3/p+1/t19-,23+/m0/s1. The highest BCUT2D eigenvalue weighted by Gasteiger charge is 2.29. The van der Waals surface area contributed by atoms with E-state index < -0.39 is 0 Å². The van der Waals surface area contributed by atoms with Crippen LogP contribution < -0.4 is 10.1 Å². The maximum absolute atomic E-state index is 5.85. The van der Waals surface area contributed by atoms with E-state index in [1.54, 1.807) is 7.11 Å². The van der Waals surface area contributed by atoms with E-state index in [1.807, 2.05) is 0 Å². The van der Waals surface area contributed by atoms with Crippen LogP contribution in [-0.2, 0) is 4.74 Å². The van der Waals surface area contributed by atoms with Crippen LogP contribution >= 0.6 is 0 Å². The maximum Gasteiger partial charge on any atom is 0.118 e. The van der Waals surface area contributed by atoms with Gasteiger partial charge in [0.15, 0.2) is 0 Å². The molecule has 27 heavy (non-hydrogen) atoms. The van der Waals surface area contributed by atoms with Crippen molar-refractivity contribution in [2.45, 2.75) is 44.6 Å². The number of ether oxygens (including phenoxy) is 2. The van der Waals surface area contributed by atoms with Crippen molar-refractivity contribution in [3.63, 3.8) is 0 Å². The number of rotatable bonds is 8. The maximum atomic E-state index is 5.85. The summed E-state index contributed by atoms with van der Waals surface area (Å²) < 4.78 is 11.2. The average Bonchev–Trinajstić information content (AvgIpc) is 2.68. The molecule has 0 aliphatic carbocycles. The predicted octanol–water partition coefficient (Wildman–Crippen LogP) is 3.99. The summed E-state index contributed by atoms with van der Waals surface area (Å²) in [5, 5.41) is 2.51. The van der Waals surface area contributed by atoms with Crippen LogP contribution in [0.5, 0.6) is 5.75 Å². The Balaban J connectivity index is 1.58. The molecule has 0 radical (unpaired) electrons. The van der Waals surface area contributed by atoms with Gasteiger partial charge in [0.2, 0.25) is 0 Å². The zero-order valence-corrected chi connectivity index (χ0v) is 17.0. The average molecular weight is 369 g/mol. The van der Waals surface area contributed by atoms with Gasteiger partial charge >= 0.3 is 0 Å². The van der Waals surface area contributed by atoms with Crippen LogP contribution in [0, 0.1) is 5.92 Å². The largest absolute Gasteiger partial charge is 0.497 e. The highest BCUT2D eigenvalue weighted by Crippen LogP contribution is 2.29. The van der Waals surface area contributed by atoms with Gasteiger partial charge in [-0.3, -0.25) is 0 Å². The summed E-state index contributed by atoms with van der Waals surface area (Å²) in [4.78, 5) is 0. The van der Waals surface area contributed by atoms with E-state index in [2.05, 4.69) is 73.8 Å². The quantitative estimate of drug-likeness (QED) is 0.715. The minimum Gasteiger partial charge on any atom is -0.497 e. The summed E-state index contributed by atoms with van der Waals surface area (Å²) in [5.74, 6) is 2.11. The second-order valence-electron chi connectivity index (χ2n) is 8.31. The van der Waals surface area contributed by atoms with Crippen LogP contribution in [0.4, 0.5) is 0 Å². The first-order chi connectivity index (χ1) is 13.1. The first kappa shape index (κ1) is 19.9. The van der Waals surface area contributed by atoms with E-state index in [4.69, 9.17) is 9.47 Å². The molecule has 146 valence electrons. The first-order valence-corrected chi connectivity index (χ1v) is 10.2. The van der Waals surface area contributed by atoms with Crippen molar-refractivity contribution >= 4 is 0 Å². The molecule has 0 amide bonds. The van der Waals surface area contributed by atoms with Gasteiger partial charge in [0.05, 0.1) is 25.8 Å². The molecule has 0 saturated carbocycles. The molecule has 2 aromatic rings. The van der Waals surface area contributed by atoms with Gasteiger partial charge in [-0.15, -0.1) is 0 Å². The van der Waals surface area contributed by atoms with E-state index in [1.165, 1.54) is 30.5 Å². The van der Waals surface area contributed by atoms with Crippen molar-refractivity contribution in [3.8, 4) is 5.75 Å². The topological polar surface area (TPSA) is 35.1 Å². The van der Waals surface area contributed by atoms with E-state index in [9.17, 15) is 0 Å². The summed E-state index contributed by atoms with van der Waals surface area (Å²) in [6.07, 6.45) is 3.51. The lowest BCUT2D eigenvalue weighted by Gasteiger charge is -2.34. The predicted molar refractivity (Wildman–Crippen MR) is 110 cm³/mol. The summed E-state index contributed by atoms with van der Waals surface area (Å²) >= 11 is 0. The number of hydrogen-bond donors (Lipinski definition) is 1. The Labute approximate surface area is 164 Å². The Morgan fingerprint density at radius 2 is 1.78 bits per heavy atom. The number of benzene rings is 2. The summed E-state index contributed by atoms with van der Waals surface area (Å²) in [6.45, 7) is 7.69. The van der Waals surface area contributed by atoms with Gasteiger partial charge in [-0.25, -0.2) is 0 Å². The van der Waals surface area contributed by atoms with Crippen molar-refractivity contribution in [2.24, 2.45) is 5.92 Å². The fraction of sp³-hybridized carbons (Fsp3) is 0.500. The Morgan fingerprint density at radius 3 is 2.44 bits per heavy atom. The van der Waals surface area contributed by atoms with Gasteiger partial charge in [0.1, 0.15) is 5.75 Å². The van der Waals surface area contributed by atoms with E-state index in [-0.39, 0.29) is 5.60 Å². The molecule has 0 aromatic heterocycles. The SMILES string of the molecule is COc1ccc([C@H](CC[NH2+]C[C@H]2CCOC(C)(C)C2)c2ccccc2)cc1. The van der Waals surface area contributed by atoms with Crippen molar-refractivity contribution in [1.29, 1.82) is 0 Å². The van der Waals surface area contributed by atoms with Crippen LogP contribution in [0.25, 0.3) is 0 Å². The normalized spacial score (nSPS) is 20.2. The lowest BCUT2D eigenvalue weighted by molar-refractivity contribution is -0.661. The Bertz CT molecular complexity index is 681. The van der Waals surface area contributed by atoms with Crippen molar-refractivity contribution in [2.75, 3.05) is 26.8 Å². The Morgan fingerprint density at radius 1 is 1.07 bits per heavy atom. The second-order valence-corrected chi connectivity index (χ2v) is 8.31. The molecule has 3 heteroatoms. The van der Waals surface area contributed by atoms with Crippen molar-refractivity contribution in [3.05, 3.63) is 65.7 Å². The first-order valence-electron chi connectivity index (χ1n) is 10.2. The molecule has 2 N–H and O–H groups in total. The van der Waals surface area contributed by atoms with Gasteiger partial charge in [-0.05, 0) is 49.9 Å². The van der Waals surface area contributed by atoms with Gasteiger partial charge in [0.25, 0.3) is 0 Å². The van der Waals surface area contributed by atoms with Crippen molar-refractivity contribution < 1.29 is 14.8 Å². The lowest BCUT2D eigenvalue weighted by Crippen LogP contribution is -2.86. The molecule has 0 bridgehead atoms. The third-order valence-corrected chi connectivity index (χ3v) is 5.68. The van der Waals surface area contributed by atoms with Crippen LogP contribution in [0.2, 0.25) is 0 Å². The summed E-state index contributed by atoms with van der Waals surface area (Å²) in [6, 6.07) is 19.4. The molecule has 2 aromatic carbocycles. The second kappa shape index (κ2) is 9.38. The number of nitrogens with two attached hydrogens (primary N) is 1. The molecule has 0 unspecified atom stereocenters. The zero-order chi connectivity index (χ0) is 19.1. The van der Waals surface area contributed by atoms with Gasteiger partial charge in [-0.2, -0.15) is 0 Å². The van der Waals surface area contributed by atoms with Crippen LogP contribution in [0.3, 0.4) is 0 Å². The summed E-state index contributed by atoms with van der Waals surface area (Å²) in [7, 11) is 1.72. The lowest BCUT2D eigenvalue weighted by atomic mass is 9.87. The van der Waals surface area contributed by atoms with Gasteiger partial charge in [0, 0.05) is 24.9 Å². The summed E-state index contributed by atoms with van der Waals surface area (Å²) in [5.41, 5.74) is 2.80. The highest BCUT2D eigenvalue weighted by molar-refractivity contribution is 5.35. The third-order valence-electron chi connectivity index (χ3n) is 5.68. The van der Waals surface area contributed by atoms with E-state index in [0.29, 0.717) is 5.92 Å². The third kappa shape index (κ3) is 5.82. The number of hydrogen-bond acceptors (Lipinski definition) is 2. The minimum absolute atomic E-state index is 0.0480. The van der Waals surface area contributed by atoms with Gasteiger partial charge in [-0.1, -0.05) is 42.5 Å². The Kier molecular flexibility index (Phi) is 6.92. The molecule has 1 saturated heterocycles. The number of quaternary nitrogens is 1.